The average Bonchev–Trinajstić information content (AvgIpc) is 3.50. The van der Waals surface area contributed by atoms with E-state index in [9.17, 15) is 13.2 Å². The summed E-state index contributed by atoms with van der Waals surface area (Å²) < 4.78 is 30.8. The second-order valence-electron chi connectivity index (χ2n) is 9.54. The van der Waals surface area contributed by atoms with Crippen LogP contribution in [0.4, 0.5) is 0 Å². The molecule has 34 heavy (non-hydrogen) atoms. The van der Waals surface area contributed by atoms with Crippen molar-refractivity contribution in [3.05, 3.63) is 88.5 Å². The van der Waals surface area contributed by atoms with Crippen LogP contribution >= 0.6 is 0 Å². The van der Waals surface area contributed by atoms with Gasteiger partial charge in [-0.15, -0.1) is 0 Å². The van der Waals surface area contributed by atoms with Gasteiger partial charge in [0.2, 0.25) is 10.0 Å². The van der Waals surface area contributed by atoms with Gasteiger partial charge in [0, 0.05) is 20.8 Å². The highest BCUT2D eigenvalue weighted by Gasteiger charge is 2.50. The van der Waals surface area contributed by atoms with Gasteiger partial charge in [0.1, 0.15) is 11.5 Å². The molecule has 1 aliphatic carbocycles. The molecule has 1 fully saturated rings. The van der Waals surface area contributed by atoms with Gasteiger partial charge >= 0.3 is 0 Å². The van der Waals surface area contributed by atoms with Crippen molar-refractivity contribution >= 4 is 15.8 Å². The lowest BCUT2D eigenvalue weighted by molar-refractivity contribution is -0.120. The zero-order valence-electron chi connectivity index (χ0n) is 19.6. The number of ether oxygens (including phenoxy) is 1. The molecule has 0 spiro atoms. The van der Waals surface area contributed by atoms with Crippen LogP contribution in [-0.2, 0) is 39.6 Å². The topological polar surface area (TPSA) is 72.5 Å². The lowest BCUT2D eigenvalue weighted by Gasteiger charge is -2.17. The Labute approximate surface area is 202 Å². The number of carbonyl (C=O) groups excluding carboxylic acids is 1. The molecule has 0 aromatic heterocycles. The van der Waals surface area contributed by atoms with E-state index in [1.165, 1.54) is 5.56 Å². The van der Waals surface area contributed by atoms with Crippen LogP contribution in [0.2, 0.25) is 0 Å². The van der Waals surface area contributed by atoms with Gasteiger partial charge in [-0.05, 0) is 64.8 Å². The fraction of sp³-hybridized carbons (Fsp3) is 0.321. The van der Waals surface area contributed by atoms with Gasteiger partial charge in [0.15, 0.2) is 0 Å². The number of hydrogen-bond acceptors (Lipinski definition) is 4. The largest absolute Gasteiger partial charge is 0.493 e. The Hall–Kier alpha value is -2.96. The van der Waals surface area contributed by atoms with Crippen molar-refractivity contribution in [2.45, 2.75) is 44.6 Å². The molecular formula is C28H31NO4S. The van der Waals surface area contributed by atoms with E-state index in [1.807, 2.05) is 36.4 Å². The summed E-state index contributed by atoms with van der Waals surface area (Å²) in [6, 6.07) is 20.4. The molecule has 1 saturated carbocycles. The number of carbonyl (C=O) groups is 1. The molecule has 6 heteroatoms. The number of rotatable bonds is 8. The number of Topliss-reactive ketones (excluding diaryl/α,β-unsaturated/α-hetero) is 1. The Bertz CT molecular complexity index is 1360. The lowest BCUT2D eigenvalue weighted by atomic mass is 9.86. The molecule has 1 aliphatic heterocycles. The fourth-order valence-corrected chi connectivity index (χ4v) is 5.23. The third-order valence-corrected chi connectivity index (χ3v) is 7.66. The first-order chi connectivity index (χ1) is 16.2. The Morgan fingerprint density at radius 1 is 1.03 bits per heavy atom. The van der Waals surface area contributed by atoms with Crippen molar-refractivity contribution in [2.75, 3.05) is 12.9 Å². The van der Waals surface area contributed by atoms with Crippen LogP contribution in [-0.4, -0.2) is 27.1 Å². The van der Waals surface area contributed by atoms with Crippen LogP contribution < -0.4 is 9.46 Å². The maximum absolute atomic E-state index is 13.4. The minimum atomic E-state index is -3.23. The second kappa shape index (κ2) is 8.67. The molecule has 1 N–H and O–H groups in total. The molecule has 0 bridgehead atoms. The molecule has 0 unspecified atom stereocenters. The van der Waals surface area contributed by atoms with E-state index in [4.69, 9.17) is 4.74 Å². The molecule has 0 amide bonds. The van der Waals surface area contributed by atoms with Gasteiger partial charge in [-0.1, -0.05) is 54.6 Å². The number of nitrogens with one attached hydrogen (secondary N) is 1. The lowest BCUT2D eigenvalue weighted by Crippen LogP contribution is -2.22. The van der Waals surface area contributed by atoms with Crippen molar-refractivity contribution in [3.63, 3.8) is 0 Å². The van der Waals surface area contributed by atoms with E-state index in [0.717, 1.165) is 71.3 Å². The summed E-state index contributed by atoms with van der Waals surface area (Å²) in [5.41, 5.74) is 7.19. The van der Waals surface area contributed by atoms with Crippen LogP contribution in [0.25, 0.3) is 11.1 Å². The van der Waals surface area contributed by atoms with Gasteiger partial charge in [-0.2, -0.15) is 0 Å². The summed E-state index contributed by atoms with van der Waals surface area (Å²) in [6.07, 6.45) is 4.30. The summed E-state index contributed by atoms with van der Waals surface area (Å²) in [7, 11) is -3.23. The number of ketones is 1. The van der Waals surface area contributed by atoms with E-state index >= 15 is 0 Å². The molecule has 1 heterocycles. The highest BCUT2D eigenvalue weighted by molar-refractivity contribution is 7.88. The third kappa shape index (κ3) is 4.65. The number of fused-ring (bicyclic) bond motifs is 1. The Morgan fingerprint density at radius 2 is 1.76 bits per heavy atom. The van der Waals surface area contributed by atoms with Gasteiger partial charge < -0.3 is 4.74 Å². The average molecular weight is 478 g/mol. The smallest absolute Gasteiger partial charge is 0.209 e. The van der Waals surface area contributed by atoms with Crippen molar-refractivity contribution in [3.8, 4) is 16.9 Å². The van der Waals surface area contributed by atoms with Gasteiger partial charge in [-0.25, -0.2) is 13.1 Å². The minimum absolute atomic E-state index is 0. The summed E-state index contributed by atoms with van der Waals surface area (Å²) in [4.78, 5) is 13.4. The first-order valence-corrected chi connectivity index (χ1v) is 13.6. The minimum Gasteiger partial charge on any atom is -0.493 e. The van der Waals surface area contributed by atoms with Crippen molar-refractivity contribution in [1.82, 2.24) is 4.72 Å². The van der Waals surface area contributed by atoms with Gasteiger partial charge in [0.25, 0.3) is 0 Å². The van der Waals surface area contributed by atoms with Crippen molar-refractivity contribution < 1.29 is 19.4 Å². The molecule has 5 rings (SSSR count). The summed E-state index contributed by atoms with van der Waals surface area (Å²) in [6.45, 7) is 3.06. The van der Waals surface area contributed by atoms with E-state index in [1.54, 1.807) is 0 Å². The second-order valence-corrected chi connectivity index (χ2v) is 11.4. The molecule has 3 aromatic rings. The zero-order valence-corrected chi connectivity index (χ0v) is 20.4. The third-order valence-electron chi connectivity index (χ3n) is 7.00. The first-order valence-electron chi connectivity index (χ1n) is 11.7. The van der Waals surface area contributed by atoms with Crippen LogP contribution in [0.5, 0.6) is 5.75 Å². The van der Waals surface area contributed by atoms with E-state index in [2.05, 4.69) is 35.9 Å². The van der Waals surface area contributed by atoms with Crippen LogP contribution in [0, 0.1) is 6.92 Å². The molecule has 3 aromatic carbocycles. The van der Waals surface area contributed by atoms with Crippen LogP contribution in [0.15, 0.2) is 60.7 Å². The maximum atomic E-state index is 13.4. The van der Waals surface area contributed by atoms with Crippen LogP contribution in [0.3, 0.4) is 0 Å². The number of hydrogen-bond donors (Lipinski definition) is 1. The molecule has 178 valence electrons. The molecular weight excluding hydrogens is 446 g/mol. The Balaban J connectivity index is 0.00000289. The number of sulfonamides is 1. The highest BCUT2D eigenvalue weighted by Crippen LogP contribution is 2.50. The predicted molar refractivity (Wildman–Crippen MR) is 136 cm³/mol. The number of aryl methyl sites for hydroxylation is 1. The Morgan fingerprint density at radius 3 is 2.47 bits per heavy atom. The fourth-order valence-electron chi connectivity index (χ4n) is 4.80. The zero-order chi connectivity index (χ0) is 23.9. The predicted octanol–water partition coefficient (Wildman–Crippen LogP) is 4.74. The van der Waals surface area contributed by atoms with E-state index < -0.39 is 10.0 Å². The molecule has 0 radical (unpaired) electrons. The highest BCUT2D eigenvalue weighted by atomic mass is 32.2. The SMILES string of the molecule is Cc1ccc(CC(=O)C2(c3ccc4c(c3)CCO4)CC2)cc1-c1ccc(CNS(C)(=O)=O)cc1.[HH]. The Kier molecular flexibility index (Phi) is 5.82. The summed E-state index contributed by atoms with van der Waals surface area (Å²) in [5, 5.41) is 0. The monoisotopic (exact) mass is 477 g/mol. The molecule has 0 saturated heterocycles. The van der Waals surface area contributed by atoms with Crippen molar-refractivity contribution in [1.29, 1.82) is 0 Å². The standard InChI is InChI=1S/C28H29NO4S.H2/c1-19-3-4-21(15-25(19)22-7-5-20(6-8-22)18-29-34(2,31)32)16-27(30)28(12-13-28)24-9-10-26-23(17-24)11-14-33-26;/h3-10,15,17,29H,11-14,16,18H2,1-2H3;1H. The summed E-state index contributed by atoms with van der Waals surface area (Å²) in [5.74, 6) is 1.23. The maximum Gasteiger partial charge on any atom is 0.209 e. The molecule has 2 aliphatic rings. The molecule has 0 atom stereocenters. The van der Waals surface area contributed by atoms with Crippen molar-refractivity contribution in [2.24, 2.45) is 0 Å². The van der Waals surface area contributed by atoms with E-state index in [0.29, 0.717) is 6.42 Å². The normalized spacial score (nSPS) is 16.1. The first kappa shape index (κ1) is 22.8. The van der Waals surface area contributed by atoms with Gasteiger partial charge in [0.05, 0.1) is 18.3 Å². The molecule has 5 nitrogen and oxygen atoms in total. The van der Waals surface area contributed by atoms with E-state index in [-0.39, 0.29) is 19.2 Å². The summed E-state index contributed by atoms with van der Waals surface area (Å²) >= 11 is 0. The number of benzene rings is 3. The quantitative estimate of drug-likeness (QED) is 0.509. The van der Waals surface area contributed by atoms with Gasteiger partial charge in [-0.3, -0.25) is 4.79 Å². The van der Waals surface area contributed by atoms with Crippen LogP contribution in [0.1, 0.15) is 42.1 Å².